The molecular formula is C26H22N2O4. The molecule has 4 aromatic rings. The van der Waals surface area contributed by atoms with E-state index in [9.17, 15) is 9.90 Å². The van der Waals surface area contributed by atoms with Crippen LogP contribution in [0.3, 0.4) is 0 Å². The summed E-state index contributed by atoms with van der Waals surface area (Å²) in [6, 6.07) is 24.4. The van der Waals surface area contributed by atoms with E-state index >= 15 is 0 Å². The molecule has 6 heteroatoms. The number of fused-ring (bicyclic) bond motifs is 1. The predicted octanol–water partition coefficient (Wildman–Crippen LogP) is 5.25. The Kier molecular flexibility index (Phi) is 5.11. The molecule has 1 aliphatic rings. The van der Waals surface area contributed by atoms with Crippen LogP contribution in [0.1, 0.15) is 30.5 Å². The monoisotopic (exact) mass is 426 g/mol. The van der Waals surface area contributed by atoms with Crippen molar-refractivity contribution in [2.24, 2.45) is 5.10 Å². The molecule has 1 N–H and O–H groups in total. The lowest BCUT2D eigenvalue weighted by molar-refractivity contribution is 0.340. The minimum Gasteiger partial charge on any atom is -0.506 e. The molecule has 0 saturated carbocycles. The van der Waals surface area contributed by atoms with Gasteiger partial charge in [0.2, 0.25) is 0 Å². The van der Waals surface area contributed by atoms with Gasteiger partial charge in [0.05, 0.1) is 29.4 Å². The summed E-state index contributed by atoms with van der Waals surface area (Å²) in [5.41, 5.74) is 2.27. The first kappa shape index (κ1) is 19.9. The molecule has 1 atom stereocenters. The minimum atomic E-state index is -0.597. The van der Waals surface area contributed by atoms with Crippen molar-refractivity contribution in [3.8, 4) is 11.5 Å². The number of anilines is 1. The Morgan fingerprint density at radius 1 is 1.03 bits per heavy atom. The van der Waals surface area contributed by atoms with Crippen LogP contribution in [0.5, 0.6) is 11.5 Å². The van der Waals surface area contributed by atoms with Crippen LogP contribution in [0.4, 0.5) is 5.69 Å². The number of aromatic hydroxyl groups is 1. The summed E-state index contributed by atoms with van der Waals surface area (Å²) in [7, 11) is 0. The fraction of sp³-hybridized carbons (Fsp3) is 0.154. The zero-order valence-electron chi connectivity index (χ0n) is 17.6. The Bertz CT molecular complexity index is 1340. The lowest BCUT2D eigenvalue weighted by Crippen LogP contribution is -2.18. The molecule has 5 rings (SSSR count). The molecule has 1 aromatic heterocycles. The molecule has 3 aromatic carbocycles. The number of benzene rings is 3. The molecule has 32 heavy (non-hydrogen) atoms. The predicted molar refractivity (Wildman–Crippen MR) is 125 cm³/mol. The van der Waals surface area contributed by atoms with Crippen LogP contribution in [0.2, 0.25) is 0 Å². The van der Waals surface area contributed by atoms with Crippen molar-refractivity contribution < 1.29 is 14.3 Å². The fourth-order valence-corrected chi connectivity index (χ4v) is 4.08. The Hall–Kier alpha value is -4.06. The van der Waals surface area contributed by atoms with Crippen LogP contribution < -0.4 is 15.4 Å². The third-order valence-corrected chi connectivity index (χ3v) is 5.58. The maximum Gasteiger partial charge on any atom is 0.349 e. The van der Waals surface area contributed by atoms with Crippen LogP contribution in [0, 0.1) is 0 Å². The smallest absolute Gasteiger partial charge is 0.349 e. The Morgan fingerprint density at radius 3 is 2.50 bits per heavy atom. The molecular weight excluding hydrogens is 404 g/mol. The first-order valence-corrected chi connectivity index (χ1v) is 10.6. The molecule has 0 fully saturated rings. The van der Waals surface area contributed by atoms with Crippen LogP contribution in [0.15, 0.2) is 93.2 Å². The molecule has 0 saturated heterocycles. The van der Waals surface area contributed by atoms with Crippen molar-refractivity contribution in [1.29, 1.82) is 0 Å². The summed E-state index contributed by atoms with van der Waals surface area (Å²) in [6.45, 7) is 2.55. The van der Waals surface area contributed by atoms with E-state index in [-0.39, 0.29) is 17.4 Å². The largest absolute Gasteiger partial charge is 0.506 e. The number of para-hydroxylation sites is 2. The van der Waals surface area contributed by atoms with Gasteiger partial charge in [-0.2, -0.15) is 5.10 Å². The van der Waals surface area contributed by atoms with Crippen molar-refractivity contribution in [3.05, 3.63) is 100 Å². The van der Waals surface area contributed by atoms with Crippen LogP contribution in [-0.2, 0) is 0 Å². The van der Waals surface area contributed by atoms with Crippen molar-refractivity contribution in [1.82, 2.24) is 0 Å². The van der Waals surface area contributed by atoms with Crippen LogP contribution in [-0.4, -0.2) is 17.4 Å². The van der Waals surface area contributed by atoms with Gasteiger partial charge in [-0.1, -0.05) is 42.5 Å². The van der Waals surface area contributed by atoms with E-state index in [1.54, 1.807) is 24.3 Å². The van der Waals surface area contributed by atoms with Gasteiger partial charge in [-0.05, 0) is 48.9 Å². The van der Waals surface area contributed by atoms with Gasteiger partial charge in [0.1, 0.15) is 22.6 Å². The highest BCUT2D eigenvalue weighted by Crippen LogP contribution is 2.38. The number of hydrogen-bond donors (Lipinski definition) is 1. The number of hydrazone groups is 1. The maximum absolute atomic E-state index is 12.8. The summed E-state index contributed by atoms with van der Waals surface area (Å²) >= 11 is 0. The Balaban J connectivity index is 1.60. The highest BCUT2D eigenvalue weighted by atomic mass is 16.5. The second-order valence-corrected chi connectivity index (χ2v) is 7.56. The molecule has 160 valence electrons. The van der Waals surface area contributed by atoms with Crippen molar-refractivity contribution in [2.45, 2.75) is 19.4 Å². The number of rotatable bonds is 5. The zero-order valence-corrected chi connectivity index (χ0v) is 17.6. The lowest BCUT2D eigenvalue weighted by Gasteiger charge is -2.24. The van der Waals surface area contributed by atoms with E-state index in [4.69, 9.17) is 14.3 Å². The molecule has 1 aliphatic heterocycles. The van der Waals surface area contributed by atoms with E-state index in [0.717, 1.165) is 17.0 Å². The van der Waals surface area contributed by atoms with E-state index in [1.165, 1.54) is 0 Å². The molecule has 0 aliphatic carbocycles. The van der Waals surface area contributed by atoms with Gasteiger partial charge < -0.3 is 14.3 Å². The maximum atomic E-state index is 12.8. The summed E-state index contributed by atoms with van der Waals surface area (Å²) < 4.78 is 11.0. The molecule has 0 amide bonds. The quantitative estimate of drug-likeness (QED) is 0.441. The minimum absolute atomic E-state index is 0.101. The lowest BCUT2D eigenvalue weighted by atomic mass is 9.97. The van der Waals surface area contributed by atoms with Crippen molar-refractivity contribution in [3.63, 3.8) is 0 Å². The molecule has 0 bridgehead atoms. The fourth-order valence-electron chi connectivity index (χ4n) is 4.08. The molecule has 0 spiro atoms. The molecule has 1 unspecified atom stereocenters. The topological polar surface area (TPSA) is 75.3 Å². The van der Waals surface area contributed by atoms with E-state index in [2.05, 4.69) is 0 Å². The van der Waals surface area contributed by atoms with Crippen molar-refractivity contribution >= 4 is 22.4 Å². The van der Waals surface area contributed by atoms with Gasteiger partial charge in [0.25, 0.3) is 0 Å². The van der Waals surface area contributed by atoms with E-state index in [1.807, 2.05) is 66.5 Å². The normalized spacial score (nSPS) is 15.7. The third-order valence-electron chi connectivity index (χ3n) is 5.58. The van der Waals surface area contributed by atoms with E-state index in [0.29, 0.717) is 29.7 Å². The van der Waals surface area contributed by atoms with Crippen molar-refractivity contribution in [2.75, 3.05) is 11.6 Å². The first-order valence-electron chi connectivity index (χ1n) is 10.6. The van der Waals surface area contributed by atoms with Gasteiger partial charge in [0, 0.05) is 6.42 Å². The van der Waals surface area contributed by atoms with Gasteiger partial charge in [0.15, 0.2) is 0 Å². The summed E-state index contributed by atoms with van der Waals surface area (Å²) in [4.78, 5) is 12.8. The number of ether oxygens (including phenoxy) is 1. The highest BCUT2D eigenvalue weighted by Gasteiger charge is 2.33. The highest BCUT2D eigenvalue weighted by molar-refractivity contribution is 6.07. The molecule has 2 heterocycles. The van der Waals surface area contributed by atoms with Gasteiger partial charge in [-0.15, -0.1) is 0 Å². The standard InChI is InChI=1S/C26H22N2O4/c1-2-31-19-14-12-17(13-15-19)22-16-21(27-28(22)18-8-4-3-5-9-18)24-25(29)20-10-6-7-11-23(20)32-26(24)30/h3-15,22,29H,2,16H2,1H3. The van der Waals surface area contributed by atoms with Gasteiger partial charge in [-0.25, -0.2) is 4.79 Å². The first-order chi connectivity index (χ1) is 15.7. The van der Waals surface area contributed by atoms with Crippen LogP contribution >= 0.6 is 0 Å². The summed E-state index contributed by atoms with van der Waals surface area (Å²) in [6.07, 6.45) is 0.444. The van der Waals surface area contributed by atoms with Crippen LogP contribution in [0.25, 0.3) is 11.0 Å². The zero-order chi connectivity index (χ0) is 22.1. The second kappa shape index (κ2) is 8.23. The number of hydrogen-bond acceptors (Lipinski definition) is 6. The van der Waals surface area contributed by atoms with Gasteiger partial charge >= 0.3 is 5.63 Å². The molecule has 6 nitrogen and oxygen atoms in total. The Labute approximate surface area is 185 Å². The molecule has 0 radical (unpaired) electrons. The Morgan fingerprint density at radius 2 is 1.75 bits per heavy atom. The van der Waals surface area contributed by atoms with Gasteiger partial charge in [-0.3, -0.25) is 5.01 Å². The summed E-state index contributed by atoms with van der Waals surface area (Å²) in [5.74, 6) is 0.699. The summed E-state index contributed by atoms with van der Waals surface area (Å²) in [5, 5.41) is 18.1. The average Bonchev–Trinajstić information content (AvgIpc) is 3.25. The van der Waals surface area contributed by atoms with E-state index < -0.39 is 5.63 Å². The second-order valence-electron chi connectivity index (χ2n) is 7.56. The number of nitrogens with zero attached hydrogens (tertiary/aromatic N) is 2. The SMILES string of the molecule is CCOc1ccc(C2CC(c3c(O)c4ccccc4oc3=O)=NN2c2ccccc2)cc1. The third kappa shape index (κ3) is 3.50. The average molecular weight is 426 g/mol.